The number of ether oxygens (including phenoxy) is 2. The first-order valence-corrected chi connectivity index (χ1v) is 10.4. The normalized spacial score (nSPS) is 10.8. The Balaban J connectivity index is 1.74. The van der Waals surface area contributed by atoms with Gasteiger partial charge in [0.1, 0.15) is 27.5 Å². The molecule has 0 radical (unpaired) electrons. The van der Waals surface area contributed by atoms with E-state index in [1.165, 1.54) is 23.5 Å². The van der Waals surface area contributed by atoms with Crippen molar-refractivity contribution in [3.8, 4) is 11.5 Å². The number of pyridine rings is 1. The molecule has 0 saturated carbocycles. The molecule has 0 aliphatic heterocycles. The maximum absolute atomic E-state index is 13.3. The predicted molar refractivity (Wildman–Crippen MR) is 118 cm³/mol. The summed E-state index contributed by atoms with van der Waals surface area (Å²) in [4.78, 5) is 23.8. The largest absolute Gasteiger partial charge is 0.495 e. The lowest BCUT2D eigenvalue weighted by Gasteiger charge is -2.20. The van der Waals surface area contributed by atoms with Gasteiger partial charge in [-0.3, -0.25) is 14.7 Å². The van der Waals surface area contributed by atoms with Crippen molar-refractivity contribution in [1.29, 1.82) is 0 Å². The van der Waals surface area contributed by atoms with Gasteiger partial charge in [0.25, 0.3) is 0 Å². The van der Waals surface area contributed by atoms with Gasteiger partial charge in [-0.15, -0.1) is 0 Å². The summed E-state index contributed by atoms with van der Waals surface area (Å²) in [6.45, 7) is 0.304. The number of hydrogen-bond acceptors (Lipinski definition) is 6. The zero-order chi connectivity index (χ0) is 21.8. The molecule has 4 aromatic rings. The molecule has 1 amide bonds. The molecule has 0 saturated heterocycles. The van der Waals surface area contributed by atoms with Gasteiger partial charge in [0.05, 0.1) is 27.2 Å². The number of thiazole rings is 1. The Morgan fingerprint density at radius 3 is 2.45 bits per heavy atom. The summed E-state index contributed by atoms with van der Waals surface area (Å²) in [7, 11) is 3.17. The Labute approximate surface area is 182 Å². The molecule has 0 bridgehead atoms. The van der Waals surface area contributed by atoms with Crippen LogP contribution in [-0.2, 0) is 17.8 Å². The van der Waals surface area contributed by atoms with E-state index in [1.54, 1.807) is 49.7 Å². The molecule has 2 heterocycles. The van der Waals surface area contributed by atoms with Gasteiger partial charge in [-0.05, 0) is 41.5 Å². The van der Waals surface area contributed by atoms with Crippen LogP contribution in [0.1, 0.15) is 11.1 Å². The lowest BCUT2D eigenvalue weighted by Crippen LogP contribution is -2.31. The summed E-state index contributed by atoms with van der Waals surface area (Å²) < 4.78 is 25.0. The maximum Gasteiger partial charge on any atom is 0.233 e. The van der Waals surface area contributed by atoms with Gasteiger partial charge in [0, 0.05) is 12.4 Å². The third kappa shape index (κ3) is 4.49. The molecule has 2 aromatic carbocycles. The van der Waals surface area contributed by atoms with E-state index in [4.69, 9.17) is 14.5 Å². The minimum absolute atomic E-state index is 0.116. The number of aromatic nitrogens is 2. The average Bonchev–Trinajstić information content (AvgIpc) is 3.24. The van der Waals surface area contributed by atoms with E-state index in [0.717, 1.165) is 15.8 Å². The van der Waals surface area contributed by atoms with E-state index in [2.05, 4.69) is 4.98 Å². The van der Waals surface area contributed by atoms with Crippen LogP contribution in [0, 0.1) is 5.82 Å². The van der Waals surface area contributed by atoms with Gasteiger partial charge in [-0.25, -0.2) is 9.37 Å². The quantitative estimate of drug-likeness (QED) is 0.422. The van der Waals surface area contributed by atoms with Gasteiger partial charge < -0.3 is 9.47 Å². The number of fused-ring (bicyclic) bond motifs is 1. The van der Waals surface area contributed by atoms with Crippen molar-refractivity contribution < 1.29 is 18.7 Å². The standard InChI is InChI=1S/C23H20FN3O3S/c1-29-18-9-10-19(30-2)22-21(18)26-23(31-22)27(14-16-4-3-11-25-13-16)20(28)12-15-5-7-17(24)8-6-15/h3-11,13H,12,14H2,1-2H3. The molecular weight excluding hydrogens is 417 g/mol. The van der Waals surface area contributed by atoms with E-state index >= 15 is 0 Å². The highest BCUT2D eigenvalue weighted by Crippen LogP contribution is 2.40. The molecule has 6 nitrogen and oxygen atoms in total. The van der Waals surface area contributed by atoms with Gasteiger partial charge in [-0.1, -0.05) is 29.5 Å². The number of amides is 1. The molecule has 0 aliphatic carbocycles. The van der Waals surface area contributed by atoms with Crippen LogP contribution >= 0.6 is 11.3 Å². The zero-order valence-electron chi connectivity index (χ0n) is 17.0. The number of carbonyl (C=O) groups excluding carboxylic acids is 1. The number of benzene rings is 2. The van der Waals surface area contributed by atoms with Crippen LogP contribution in [0.15, 0.2) is 60.9 Å². The topological polar surface area (TPSA) is 64.6 Å². The van der Waals surface area contributed by atoms with Gasteiger partial charge in [0.2, 0.25) is 5.91 Å². The summed E-state index contributed by atoms with van der Waals surface area (Å²) >= 11 is 1.36. The highest BCUT2D eigenvalue weighted by atomic mass is 32.1. The second kappa shape index (κ2) is 9.09. The third-order valence-electron chi connectivity index (χ3n) is 4.76. The Morgan fingerprint density at radius 1 is 1.03 bits per heavy atom. The van der Waals surface area contributed by atoms with Crippen LogP contribution in [0.3, 0.4) is 0 Å². The van der Waals surface area contributed by atoms with Crippen molar-refractivity contribution in [1.82, 2.24) is 9.97 Å². The van der Waals surface area contributed by atoms with Crippen molar-refractivity contribution in [2.75, 3.05) is 19.1 Å². The van der Waals surface area contributed by atoms with Crippen molar-refractivity contribution >= 4 is 32.6 Å². The summed E-state index contributed by atoms with van der Waals surface area (Å²) in [5, 5.41) is 0.522. The highest BCUT2D eigenvalue weighted by molar-refractivity contribution is 7.22. The summed E-state index contributed by atoms with van der Waals surface area (Å²) in [6, 6.07) is 13.2. The SMILES string of the molecule is COc1ccc(OC)c2sc(N(Cc3cccnc3)C(=O)Cc3ccc(F)cc3)nc12. The molecule has 0 fully saturated rings. The Bertz CT molecular complexity index is 1160. The lowest BCUT2D eigenvalue weighted by atomic mass is 10.1. The van der Waals surface area contributed by atoms with Crippen molar-refractivity contribution in [3.05, 3.63) is 77.9 Å². The summed E-state index contributed by atoms with van der Waals surface area (Å²) in [5.74, 6) is 0.763. The number of methoxy groups -OCH3 is 2. The first-order chi connectivity index (χ1) is 15.1. The highest BCUT2D eigenvalue weighted by Gasteiger charge is 2.23. The monoisotopic (exact) mass is 437 g/mol. The van der Waals surface area contributed by atoms with Crippen LogP contribution in [0.4, 0.5) is 9.52 Å². The van der Waals surface area contributed by atoms with E-state index in [9.17, 15) is 9.18 Å². The Kier molecular flexibility index (Phi) is 6.08. The smallest absolute Gasteiger partial charge is 0.233 e. The third-order valence-corrected chi connectivity index (χ3v) is 5.86. The Morgan fingerprint density at radius 2 is 1.77 bits per heavy atom. The van der Waals surface area contributed by atoms with Gasteiger partial charge in [-0.2, -0.15) is 0 Å². The molecule has 31 heavy (non-hydrogen) atoms. The molecule has 0 N–H and O–H groups in total. The van der Waals surface area contributed by atoms with E-state index in [0.29, 0.717) is 28.7 Å². The number of rotatable bonds is 7. The van der Waals surface area contributed by atoms with Crippen LogP contribution in [-0.4, -0.2) is 30.1 Å². The second-order valence-electron chi connectivity index (χ2n) is 6.79. The molecule has 0 spiro atoms. The first kappa shape index (κ1) is 20.7. The van der Waals surface area contributed by atoms with Crippen LogP contribution in [0.2, 0.25) is 0 Å². The number of hydrogen-bond donors (Lipinski definition) is 0. The van der Waals surface area contributed by atoms with Crippen molar-refractivity contribution in [3.63, 3.8) is 0 Å². The minimum Gasteiger partial charge on any atom is -0.495 e. The average molecular weight is 437 g/mol. The van der Waals surface area contributed by atoms with E-state index in [-0.39, 0.29) is 18.1 Å². The number of halogens is 1. The van der Waals surface area contributed by atoms with Crippen LogP contribution in [0.25, 0.3) is 10.2 Å². The number of carbonyl (C=O) groups is 1. The minimum atomic E-state index is -0.339. The molecule has 4 rings (SSSR count). The Hall–Kier alpha value is -3.52. The fraction of sp³-hybridized carbons (Fsp3) is 0.174. The predicted octanol–water partition coefficient (Wildman–Crippen LogP) is 4.62. The summed E-state index contributed by atoms with van der Waals surface area (Å²) in [5.41, 5.74) is 2.22. The molecule has 0 unspecified atom stereocenters. The fourth-order valence-electron chi connectivity index (χ4n) is 3.20. The molecule has 8 heteroatoms. The molecule has 0 aliphatic rings. The van der Waals surface area contributed by atoms with E-state index < -0.39 is 0 Å². The van der Waals surface area contributed by atoms with Crippen LogP contribution < -0.4 is 14.4 Å². The molecular formula is C23H20FN3O3S. The first-order valence-electron chi connectivity index (χ1n) is 9.54. The van der Waals surface area contributed by atoms with Crippen molar-refractivity contribution in [2.45, 2.75) is 13.0 Å². The molecule has 0 atom stereocenters. The van der Waals surface area contributed by atoms with E-state index in [1.807, 2.05) is 18.2 Å². The molecule has 158 valence electrons. The van der Waals surface area contributed by atoms with Gasteiger partial charge >= 0.3 is 0 Å². The number of nitrogens with zero attached hydrogens (tertiary/aromatic N) is 3. The van der Waals surface area contributed by atoms with Crippen molar-refractivity contribution in [2.24, 2.45) is 0 Å². The maximum atomic E-state index is 13.3. The number of anilines is 1. The zero-order valence-corrected chi connectivity index (χ0v) is 17.9. The lowest BCUT2D eigenvalue weighted by molar-refractivity contribution is -0.118. The fourth-order valence-corrected chi connectivity index (χ4v) is 4.29. The second-order valence-corrected chi connectivity index (χ2v) is 7.77. The van der Waals surface area contributed by atoms with Gasteiger partial charge in [0.15, 0.2) is 5.13 Å². The van der Waals surface area contributed by atoms with Crippen LogP contribution in [0.5, 0.6) is 11.5 Å². The molecule has 2 aromatic heterocycles. The summed E-state index contributed by atoms with van der Waals surface area (Å²) in [6.07, 6.45) is 3.51.